The summed E-state index contributed by atoms with van der Waals surface area (Å²) in [5.74, 6) is -0.407. The van der Waals surface area contributed by atoms with Gasteiger partial charge in [0.15, 0.2) is 5.78 Å². The summed E-state index contributed by atoms with van der Waals surface area (Å²) in [6, 6.07) is 3.83. The molecule has 18 heavy (non-hydrogen) atoms. The van der Waals surface area contributed by atoms with Gasteiger partial charge in [-0.2, -0.15) is 0 Å². The fraction of sp³-hybridized carbons (Fsp3) is 0.429. The molecule has 2 rings (SSSR count). The number of alkyl halides is 1. The number of benzene rings is 1. The van der Waals surface area contributed by atoms with E-state index in [0.29, 0.717) is 11.3 Å². The summed E-state index contributed by atoms with van der Waals surface area (Å²) in [4.78, 5) is 23.8. The Hall–Kier alpha value is -1.35. The van der Waals surface area contributed by atoms with Gasteiger partial charge in [-0.15, -0.1) is 11.6 Å². The van der Waals surface area contributed by atoms with Gasteiger partial charge in [0, 0.05) is 5.56 Å². The highest BCUT2D eigenvalue weighted by Gasteiger charge is 2.31. The van der Waals surface area contributed by atoms with Gasteiger partial charge < -0.3 is 5.32 Å². The number of carbonyl (C=O) groups is 2. The summed E-state index contributed by atoms with van der Waals surface area (Å²) in [6.45, 7) is 5.52. The molecule has 1 aromatic carbocycles. The molecule has 1 heterocycles. The Morgan fingerprint density at radius 3 is 2.72 bits per heavy atom. The van der Waals surface area contributed by atoms with Crippen LogP contribution in [-0.2, 0) is 11.2 Å². The number of hydrogen-bond donors (Lipinski definition) is 1. The smallest absolute Gasteiger partial charge is 0.231 e. The van der Waals surface area contributed by atoms with Crippen molar-refractivity contribution in [3.8, 4) is 0 Å². The lowest BCUT2D eigenvalue weighted by atomic mass is 9.94. The first-order valence-corrected chi connectivity index (χ1v) is 6.55. The zero-order valence-electron chi connectivity index (χ0n) is 10.7. The van der Waals surface area contributed by atoms with E-state index in [1.807, 2.05) is 26.0 Å². The zero-order valence-corrected chi connectivity index (χ0v) is 11.5. The van der Waals surface area contributed by atoms with E-state index < -0.39 is 5.38 Å². The van der Waals surface area contributed by atoms with E-state index in [-0.39, 0.29) is 17.6 Å². The minimum Gasteiger partial charge on any atom is -0.325 e. The summed E-state index contributed by atoms with van der Waals surface area (Å²) in [7, 11) is 0. The number of fused-ring (bicyclic) bond motifs is 1. The molecule has 2 unspecified atom stereocenters. The average molecular weight is 266 g/mol. The van der Waals surface area contributed by atoms with Crippen molar-refractivity contribution >= 4 is 29.0 Å². The minimum atomic E-state index is -0.589. The number of halogens is 1. The average Bonchev–Trinajstić information content (AvgIpc) is 2.63. The molecule has 2 atom stereocenters. The first-order valence-electron chi connectivity index (χ1n) is 6.11. The molecule has 0 saturated carbocycles. The molecule has 4 heteroatoms. The van der Waals surface area contributed by atoms with Gasteiger partial charge in [-0.3, -0.25) is 9.59 Å². The third-order valence-electron chi connectivity index (χ3n) is 3.37. The number of rotatable bonds is 3. The molecule has 0 bridgehead atoms. The van der Waals surface area contributed by atoms with E-state index >= 15 is 0 Å². The van der Waals surface area contributed by atoms with Gasteiger partial charge in [0.05, 0.1) is 17.0 Å². The second-order valence-electron chi connectivity index (χ2n) is 4.65. The predicted octanol–water partition coefficient (Wildman–Crippen LogP) is 3.11. The van der Waals surface area contributed by atoms with E-state index in [1.165, 1.54) is 0 Å². The number of Topliss-reactive ketones (excluding diaryl/α,β-unsaturated/α-hetero) is 1. The molecule has 1 aliphatic rings. The molecule has 0 saturated heterocycles. The molecular weight excluding hydrogens is 250 g/mol. The lowest BCUT2D eigenvalue weighted by molar-refractivity contribution is -0.116. The minimum absolute atomic E-state index is 0.0606. The number of carbonyl (C=O) groups excluding carboxylic acids is 2. The fourth-order valence-electron chi connectivity index (χ4n) is 2.19. The number of aryl methyl sites for hydroxylation is 1. The van der Waals surface area contributed by atoms with Crippen LogP contribution in [0.4, 0.5) is 5.69 Å². The van der Waals surface area contributed by atoms with Crippen LogP contribution in [0.5, 0.6) is 0 Å². The Morgan fingerprint density at radius 1 is 1.50 bits per heavy atom. The quantitative estimate of drug-likeness (QED) is 0.674. The normalized spacial score (nSPS) is 19.3. The number of amides is 1. The van der Waals surface area contributed by atoms with Gasteiger partial charge in [-0.05, 0) is 37.5 Å². The van der Waals surface area contributed by atoms with Crippen LogP contribution in [0.15, 0.2) is 12.1 Å². The van der Waals surface area contributed by atoms with Crippen LogP contribution in [0.2, 0.25) is 0 Å². The molecule has 1 aliphatic heterocycles. The van der Waals surface area contributed by atoms with Crippen LogP contribution >= 0.6 is 11.6 Å². The second kappa shape index (κ2) is 4.73. The van der Waals surface area contributed by atoms with Gasteiger partial charge in [0.25, 0.3) is 0 Å². The predicted molar refractivity (Wildman–Crippen MR) is 72.5 cm³/mol. The number of anilines is 1. The lowest BCUT2D eigenvalue weighted by Gasteiger charge is -2.11. The maximum Gasteiger partial charge on any atom is 0.231 e. The summed E-state index contributed by atoms with van der Waals surface area (Å²) in [6.07, 6.45) is 0.825. The van der Waals surface area contributed by atoms with E-state index in [9.17, 15) is 9.59 Å². The van der Waals surface area contributed by atoms with Crippen molar-refractivity contribution in [3.63, 3.8) is 0 Å². The molecule has 0 aliphatic carbocycles. The van der Waals surface area contributed by atoms with E-state index in [1.54, 1.807) is 6.92 Å². The van der Waals surface area contributed by atoms with Gasteiger partial charge >= 0.3 is 0 Å². The van der Waals surface area contributed by atoms with E-state index in [4.69, 9.17) is 11.6 Å². The molecule has 0 aromatic heterocycles. The summed E-state index contributed by atoms with van der Waals surface area (Å²) in [5, 5.41) is 2.20. The summed E-state index contributed by atoms with van der Waals surface area (Å²) >= 11 is 5.87. The maximum atomic E-state index is 12.1. The Kier molecular flexibility index (Phi) is 3.44. The van der Waals surface area contributed by atoms with Crippen molar-refractivity contribution in [3.05, 3.63) is 28.8 Å². The number of nitrogens with one attached hydrogen (secondary N) is 1. The third kappa shape index (κ3) is 2.03. The molecule has 1 amide bonds. The van der Waals surface area contributed by atoms with Gasteiger partial charge in [0.1, 0.15) is 0 Å². The second-order valence-corrected chi connectivity index (χ2v) is 5.31. The molecule has 1 aromatic rings. The number of ketones is 1. The summed E-state index contributed by atoms with van der Waals surface area (Å²) < 4.78 is 0. The first kappa shape index (κ1) is 13.1. The van der Waals surface area contributed by atoms with Crippen LogP contribution in [0.25, 0.3) is 0 Å². The largest absolute Gasteiger partial charge is 0.325 e. The highest BCUT2D eigenvalue weighted by atomic mass is 35.5. The van der Waals surface area contributed by atoms with Crippen molar-refractivity contribution in [2.75, 3.05) is 5.32 Å². The van der Waals surface area contributed by atoms with Gasteiger partial charge in [0.2, 0.25) is 5.91 Å². The Balaban J connectivity index is 2.60. The van der Waals surface area contributed by atoms with Crippen molar-refractivity contribution in [2.45, 2.75) is 38.5 Å². The summed E-state index contributed by atoms with van der Waals surface area (Å²) in [5.41, 5.74) is 3.13. The van der Waals surface area contributed by atoms with E-state index in [0.717, 1.165) is 17.5 Å². The standard InChI is InChI=1S/C14H16ClNO2/c1-4-9-5-10-7(2)14(18)16-12(10)11(6-9)13(17)8(3)15/h5-8H,4H2,1-3H3,(H,16,18). The molecule has 0 radical (unpaired) electrons. The van der Waals surface area contributed by atoms with Crippen molar-refractivity contribution < 1.29 is 9.59 Å². The van der Waals surface area contributed by atoms with Gasteiger partial charge in [-0.25, -0.2) is 0 Å². The molecule has 0 fully saturated rings. The Labute approximate surface area is 112 Å². The molecular formula is C14H16ClNO2. The van der Waals surface area contributed by atoms with Crippen LogP contribution in [0, 0.1) is 0 Å². The molecule has 0 spiro atoms. The van der Waals surface area contributed by atoms with Crippen molar-refractivity contribution in [1.82, 2.24) is 0 Å². The highest BCUT2D eigenvalue weighted by molar-refractivity contribution is 6.34. The van der Waals surface area contributed by atoms with Crippen LogP contribution in [-0.4, -0.2) is 17.1 Å². The fourth-order valence-corrected chi connectivity index (χ4v) is 2.31. The first-order chi connectivity index (χ1) is 8.45. The SMILES string of the molecule is CCc1cc(C(=O)C(C)Cl)c2c(c1)C(C)C(=O)N2. The van der Waals surface area contributed by atoms with Gasteiger partial charge in [-0.1, -0.05) is 13.0 Å². The topological polar surface area (TPSA) is 46.2 Å². The van der Waals surface area contributed by atoms with Crippen molar-refractivity contribution in [2.24, 2.45) is 0 Å². The highest BCUT2D eigenvalue weighted by Crippen LogP contribution is 2.37. The monoisotopic (exact) mass is 265 g/mol. The van der Waals surface area contributed by atoms with Crippen LogP contribution in [0.1, 0.15) is 48.2 Å². The van der Waals surface area contributed by atoms with Crippen LogP contribution < -0.4 is 5.32 Å². The van der Waals surface area contributed by atoms with Crippen molar-refractivity contribution in [1.29, 1.82) is 0 Å². The number of hydrogen-bond acceptors (Lipinski definition) is 2. The van der Waals surface area contributed by atoms with Crippen LogP contribution in [0.3, 0.4) is 0 Å². The maximum absolute atomic E-state index is 12.1. The van der Waals surface area contributed by atoms with E-state index in [2.05, 4.69) is 5.32 Å². The zero-order chi connectivity index (χ0) is 13.4. The third-order valence-corrected chi connectivity index (χ3v) is 3.57. The Morgan fingerprint density at radius 2 is 2.17 bits per heavy atom. The molecule has 96 valence electrons. The molecule has 1 N–H and O–H groups in total. The Bertz CT molecular complexity index is 523. The lowest BCUT2D eigenvalue weighted by Crippen LogP contribution is -2.14. The molecule has 3 nitrogen and oxygen atoms in total.